The number of hydrogen-bond donors (Lipinski definition) is 3. The van der Waals surface area contributed by atoms with Crippen LogP contribution in [-0.4, -0.2) is 36.8 Å². The fourth-order valence-electron chi connectivity index (χ4n) is 2.98. The minimum Gasteiger partial charge on any atom is -0.393 e. The van der Waals surface area contributed by atoms with E-state index in [4.69, 9.17) is 0 Å². The van der Waals surface area contributed by atoms with Crippen molar-refractivity contribution in [2.45, 2.75) is 44.1 Å². The summed E-state index contributed by atoms with van der Waals surface area (Å²) in [5, 5.41) is 16.0. The molecule has 1 saturated heterocycles. The molecule has 0 radical (unpaired) electrons. The van der Waals surface area contributed by atoms with Crippen LogP contribution in [0.4, 0.5) is 0 Å². The van der Waals surface area contributed by atoms with E-state index in [0.717, 1.165) is 37.9 Å². The molecule has 2 rings (SSSR count). The summed E-state index contributed by atoms with van der Waals surface area (Å²) in [5.41, 5.74) is 0.670. The molecule has 1 fully saturated rings. The van der Waals surface area contributed by atoms with Crippen molar-refractivity contribution in [3.05, 3.63) is 35.9 Å². The first-order chi connectivity index (χ1) is 10.2. The molecule has 1 aromatic rings. The number of carbonyl (C=O) groups is 1. The monoisotopic (exact) mass is 290 g/mol. The topological polar surface area (TPSA) is 61.4 Å². The van der Waals surface area contributed by atoms with Crippen LogP contribution < -0.4 is 10.6 Å². The van der Waals surface area contributed by atoms with Gasteiger partial charge in [-0.2, -0.15) is 0 Å². The Morgan fingerprint density at radius 1 is 1.33 bits per heavy atom. The number of nitrogens with one attached hydrogen (secondary N) is 2. The number of aliphatic hydroxyl groups excluding tert-OH is 1. The predicted molar refractivity (Wildman–Crippen MR) is 84.1 cm³/mol. The maximum Gasteiger partial charge on any atom is 0.230 e. The molecule has 0 saturated carbocycles. The Kier molecular flexibility index (Phi) is 5.76. The van der Waals surface area contributed by atoms with Gasteiger partial charge in [0.1, 0.15) is 0 Å². The van der Waals surface area contributed by atoms with Crippen LogP contribution >= 0.6 is 0 Å². The van der Waals surface area contributed by atoms with Gasteiger partial charge in [-0.05, 0) is 44.3 Å². The molecule has 0 bridgehead atoms. The van der Waals surface area contributed by atoms with Gasteiger partial charge < -0.3 is 15.7 Å². The van der Waals surface area contributed by atoms with Gasteiger partial charge in [0, 0.05) is 6.54 Å². The second kappa shape index (κ2) is 7.57. The van der Waals surface area contributed by atoms with Gasteiger partial charge in [-0.25, -0.2) is 0 Å². The van der Waals surface area contributed by atoms with Crippen LogP contribution in [0.15, 0.2) is 30.3 Å². The molecule has 1 unspecified atom stereocenters. The van der Waals surface area contributed by atoms with E-state index in [0.29, 0.717) is 13.0 Å². The van der Waals surface area contributed by atoms with Crippen molar-refractivity contribution in [3.63, 3.8) is 0 Å². The van der Waals surface area contributed by atoms with Gasteiger partial charge >= 0.3 is 0 Å². The quantitative estimate of drug-likeness (QED) is 0.745. The SMILES string of the molecule is CCC(O)CCNC(=O)C1(c2ccccc2)CCNCC1. The van der Waals surface area contributed by atoms with Crippen LogP contribution in [0.2, 0.25) is 0 Å². The zero-order valence-corrected chi connectivity index (χ0v) is 12.8. The molecule has 1 aliphatic rings. The van der Waals surface area contributed by atoms with E-state index in [1.807, 2.05) is 37.3 Å². The summed E-state index contributed by atoms with van der Waals surface area (Å²) in [6, 6.07) is 10.1. The number of aliphatic hydroxyl groups is 1. The number of piperidine rings is 1. The molecule has 4 nitrogen and oxygen atoms in total. The predicted octanol–water partition coefficient (Wildman–Crippen LogP) is 1.58. The van der Waals surface area contributed by atoms with Crippen LogP contribution in [0, 0.1) is 0 Å². The largest absolute Gasteiger partial charge is 0.393 e. The Hall–Kier alpha value is -1.39. The summed E-state index contributed by atoms with van der Waals surface area (Å²) >= 11 is 0. The van der Waals surface area contributed by atoms with E-state index >= 15 is 0 Å². The lowest BCUT2D eigenvalue weighted by molar-refractivity contribution is -0.127. The van der Waals surface area contributed by atoms with Crippen molar-refractivity contribution in [2.24, 2.45) is 0 Å². The fraction of sp³-hybridized carbons (Fsp3) is 0.588. The second-order valence-corrected chi connectivity index (χ2v) is 5.80. The normalized spacial score (nSPS) is 19.0. The number of amides is 1. The van der Waals surface area contributed by atoms with Gasteiger partial charge in [-0.3, -0.25) is 4.79 Å². The highest BCUT2D eigenvalue weighted by Crippen LogP contribution is 2.33. The first-order valence-corrected chi connectivity index (χ1v) is 7.91. The molecule has 21 heavy (non-hydrogen) atoms. The third-order valence-electron chi connectivity index (χ3n) is 4.45. The van der Waals surface area contributed by atoms with Gasteiger partial charge in [-0.15, -0.1) is 0 Å². The maximum atomic E-state index is 12.8. The van der Waals surface area contributed by atoms with E-state index in [9.17, 15) is 9.90 Å². The average molecular weight is 290 g/mol. The number of rotatable bonds is 6. The Balaban J connectivity index is 2.07. The molecule has 0 spiro atoms. The Morgan fingerprint density at radius 3 is 2.62 bits per heavy atom. The standard InChI is InChI=1S/C17H26N2O2/c1-2-15(20)8-11-19-16(21)17(9-12-18-13-10-17)14-6-4-3-5-7-14/h3-7,15,18,20H,2,8-13H2,1H3,(H,19,21). The lowest BCUT2D eigenvalue weighted by Gasteiger charge is -2.36. The summed E-state index contributed by atoms with van der Waals surface area (Å²) in [5.74, 6) is 0.0958. The lowest BCUT2D eigenvalue weighted by atomic mass is 9.72. The average Bonchev–Trinajstić information content (AvgIpc) is 2.56. The summed E-state index contributed by atoms with van der Waals surface area (Å²) < 4.78 is 0. The number of carbonyl (C=O) groups excluding carboxylic acids is 1. The van der Waals surface area contributed by atoms with Crippen molar-refractivity contribution in [1.29, 1.82) is 0 Å². The number of hydrogen-bond acceptors (Lipinski definition) is 3. The third-order valence-corrected chi connectivity index (χ3v) is 4.45. The van der Waals surface area contributed by atoms with E-state index in [1.54, 1.807) is 0 Å². The van der Waals surface area contributed by atoms with Crippen molar-refractivity contribution >= 4 is 5.91 Å². The third kappa shape index (κ3) is 3.83. The van der Waals surface area contributed by atoms with Crippen LogP contribution in [0.5, 0.6) is 0 Å². The zero-order valence-electron chi connectivity index (χ0n) is 12.8. The van der Waals surface area contributed by atoms with Crippen molar-refractivity contribution in [1.82, 2.24) is 10.6 Å². The molecular formula is C17H26N2O2. The van der Waals surface area contributed by atoms with Crippen LogP contribution in [0.3, 0.4) is 0 Å². The van der Waals surface area contributed by atoms with Gasteiger partial charge in [0.25, 0.3) is 0 Å². The molecule has 1 amide bonds. The second-order valence-electron chi connectivity index (χ2n) is 5.80. The molecule has 1 heterocycles. The molecule has 4 heteroatoms. The highest BCUT2D eigenvalue weighted by molar-refractivity contribution is 5.88. The van der Waals surface area contributed by atoms with Crippen LogP contribution in [-0.2, 0) is 10.2 Å². The van der Waals surface area contributed by atoms with Crippen molar-refractivity contribution in [2.75, 3.05) is 19.6 Å². The summed E-state index contributed by atoms with van der Waals surface area (Å²) in [6.45, 7) is 4.21. The minimum atomic E-state index is -0.427. The Bertz CT molecular complexity index is 441. The molecule has 1 aliphatic heterocycles. The molecule has 3 N–H and O–H groups in total. The molecule has 1 atom stereocenters. The minimum absolute atomic E-state index is 0.0958. The van der Waals surface area contributed by atoms with Gasteiger partial charge in [0.15, 0.2) is 0 Å². The van der Waals surface area contributed by atoms with Gasteiger partial charge in [0.05, 0.1) is 11.5 Å². The molecular weight excluding hydrogens is 264 g/mol. The smallest absolute Gasteiger partial charge is 0.230 e. The van der Waals surface area contributed by atoms with Gasteiger partial charge in [0.2, 0.25) is 5.91 Å². The molecule has 0 aromatic heterocycles. The zero-order chi connectivity index (χ0) is 15.1. The highest BCUT2D eigenvalue weighted by atomic mass is 16.3. The van der Waals surface area contributed by atoms with Gasteiger partial charge in [-0.1, -0.05) is 37.3 Å². The molecule has 116 valence electrons. The summed E-state index contributed by atoms with van der Waals surface area (Å²) in [6.07, 6.45) is 2.65. The Labute approximate surface area is 126 Å². The van der Waals surface area contributed by atoms with Crippen molar-refractivity contribution < 1.29 is 9.90 Å². The van der Waals surface area contributed by atoms with Crippen LogP contribution in [0.25, 0.3) is 0 Å². The first kappa shape index (κ1) is 16.0. The first-order valence-electron chi connectivity index (χ1n) is 7.91. The van der Waals surface area contributed by atoms with Crippen LogP contribution in [0.1, 0.15) is 38.2 Å². The maximum absolute atomic E-state index is 12.8. The number of benzene rings is 1. The summed E-state index contributed by atoms with van der Waals surface area (Å²) in [4.78, 5) is 12.8. The van der Waals surface area contributed by atoms with E-state index < -0.39 is 5.41 Å². The molecule has 1 aromatic carbocycles. The van der Waals surface area contributed by atoms with Crippen molar-refractivity contribution in [3.8, 4) is 0 Å². The Morgan fingerprint density at radius 2 is 2.00 bits per heavy atom. The van der Waals surface area contributed by atoms with E-state index in [-0.39, 0.29) is 12.0 Å². The molecule has 0 aliphatic carbocycles. The summed E-state index contributed by atoms with van der Waals surface area (Å²) in [7, 11) is 0. The van der Waals surface area contributed by atoms with E-state index in [2.05, 4.69) is 10.6 Å². The van der Waals surface area contributed by atoms with E-state index in [1.165, 1.54) is 0 Å². The highest BCUT2D eigenvalue weighted by Gasteiger charge is 2.40. The fourth-order valence-corrected chi connectivity index (χ4v) is 2.98. The lowest BCUT2D eigenvalue weighted by Crippen LogP contribution is -2.51.